The van der Waals surface area contributed by atoms with Gasteiger partial charge in [0, 0.05) is 19.2 Å². The molecule has 2 aromatic carbocycles. The Balaban J connectivity index is 1.74. The SMILES string of the molecule is O=C(Oc1ccc(F)c(F)c1)c1ccc(S(=O)(=O)N2CCCCCC2)cc1. The maximum absolute atomic E-state index is 13.2. The molecule has 0 bridgehead atoms. The molecule has 5 nitrogen and oxygen atoms in total. The molecule has 0 N–H and O–H groups in total. The molecule has 27 heavy (non-hydrogen) atoms. The standard InChI is InChI=1S/C19H19F2NO4S/c20-17-10-7-15(13-18(17)21)26-19(23)14-5-8-16(9-6-14)27(24,25)22-11-3-1-2-4-12-22/h5-10,13H,1-4,11-12H2. The lowest BCUT2D eigenvalue weighted by molar-refractivity contribution is 0.0734. The third-order valence-electron chi connectivity index (χ3n) is 4.39. The average molecular weight is 395 g/mol. The van der Waals surface area contributed by atoms with Gasteiger partial charge in [-0.05, 0) is 49.2 Å². The normalized spacial score (nSPS) is 15.9. The van der Waals surface area contributed by atoms with Gasteiger partial charge in [-0.3, -0.25) is 0 Å². The first-order chi connectivity index (χ1) is 12.9. The molecular weight excluding hydrogens is 376 g/mol. The van der Waals surface area contributed by atoms with E-state index in [0.29, 0.717) is 13.1 Å². The molecule has 1 saturated heterocycles. The van der Waals surface area contributed by atoms with Crippen LogP contribution in [0.5, 0.6) is 5.75 Å². The molecule has 1 aliphatic heterocycles. The Hall–Kier alpha value is -2.32. The summed E-state index contributed by atoms with van der Waals surface area (Å²) < 4.78 is 58.0. The van der Waals surface area contributed by atoms with Crippen LogP contribution >= 0.6 is 0 Å². The highest BCUT2D eigenvalue weighted by Gasteiger charge is 2.25. The monoisotopic (exact) mass is 395 g/mol. The molecule has 0 radical (unpaired) electrons. The maximum Gasteiger partial charge on any atom is 0.343 e. The Bertz CT molecular complexity index is 921. The summed E-state index contributed by atoms with van der Waals surface area (Å²) in [5.41, 5.74) is 0.106. The molecule has 0 spiro atoms. The largest absolute Gasteiger partial charge is 0.423 e. The fourth-order valence-electron chi connectivity index (χ4n) is 2.90. The molecule has 1 fully saturated rings. The fourth-order valence-corrected chi connectivity index (χ4v) is 4.42. The van der Waals surface area contributed by atoms with Gasteiger partial charge < -0.3 is 4.74 Å². The number of carbonyl (C=O) groups is 1. The van der Waals surface area contributed by atoms with E-state index in [1.807, 2.05) is 0 Å². The van der Waals surface area contributed by atoms with E-state index in [-0.39, 0.29) is 16.2 Å². The van der Waals surface area contributed by atoms with E-state index in [1.54, 1.807) is 0 Å². The van der Waals surface area contributed by atoms with Crippen molar-refractivity contribution >= 4 is 16.0 Å². The lowest BCUT2D eigenvalue weighted by atomic mass is 10.2. The van der Waals surface area contributed by atoms with E-state index in [9.17, 15) is 22.0 Å². The van der Waals surface area contributed by atoms with Gasteiger partial charge in [0.05, 0.1) is 10.5 Å². The van der Waals surface area contributed by atoms with Crippen LogP contribution in [0.25, 0.3) is 0 Å². The molecule has 0 amide bonds. The van der Waals surface area contributed by atoms with Crippen LogP contribution in [0.2, 0.25) is 0 Å². The molecule has 3 rings (SSSR count). The van der Waals surface area contributed by atoms with Crippen molar-refractivity contribution in [3.8, 4) is 5.75 Å². The van der Waals surface area contributed by atoms with Crippen molar-refractivity contribution in [1.29, 1.82) is 0 Å². The minimum Gasteiger partial charge on any atom is -0.423 e. The first-order valence-corrected chi connectivity index (χ1v) is 10.1. The summed E-state index contributed by atoms with van der Waals surface area (Å²) in [7, 11) is -3.61. The predicted octanol–water partition coefficient (Wildman–Crippen LogP) is 3.75. The third kappa shape index (κ3) is 4.51. The molecular formula is C19H19F2NO4S. The number of sulfonamides is 1. The number of benzene rings is 2. The van der Waals surface area contributed by atoms with Crippen LogP contribution in [0.3, 0.4) is 0 Å². The van der Waals surface area contributed by atoms with Crippen LogP contribution in [0.15, 0.2) is 47.4 Å². The minimum absolute atomic E-state index is 0.105. The summed E-state index contributed by atoms with van der Waals surface area (Å²) in [5, 5.41) is 0. The molecule has 144 valence electrons. The number of carbonyl (C=O) groups excluding carboxylic acids is 1. The Morgan fingerprint density at radius 3 is 2.11 bits per heavy atom. The second kappa shape index (κ2) is 8.14. The molecule has 0 aliphatic carbocycles. The van der Waals surface area contributed by atoms with Gasteiger partial charge in [0.1, 0.15) is 5.75 Å². The van der Waals surface area contributed by atoms with Gasteiger partial charge in [-0.25, -0.2) is 22.0 Å². The van der Waals surface area contributed by atoms with Gasteiger partial charge in [0.15, 0.2) is 11.6 Å². The molecule has 0 unspecified atom stereocenters. The van der Waals surface area contributed by atoms with Crippen molar-refractivity contribution < 1.29 is 26.7 Å². The third-order valence-corrected chi connectivity index (χ3v) is 6.31. The molecule has 1 aliphatic rings. The zero-order chi connectivity index (χ0) is 19.4. The molecule has 0 saturated carbocycles. The smallest absolute Gasteiger partial charge is 0.343 e. The van der Waals surface area contributed by atoms with E-state index in [0.717, 1.165) is 43.9 Å². The number of rotatable bonds is 4. The number of esters is 1. The molecule has 0 atom stereocenters. The summed E-state index contributed by atoms with van der Waals surface area (Å²) in [6.07, 6.45) is 3.69. The van der Waals surface area contributed by atoms with Crippen LogP contribution in [0.4, 0.5) is 8.78 Å². The molecule has 8 heteroatoms. The van der Waals surface area contributed by atoms with Gasteiger partial charge in [-0.15, -0.1) is 0 Å². The van der Waals surface area contributed by atoms with Gasteiger partial charge >= 0.3 is 5.97 Å². The number of halogens is 2. The maximum atomic E-state index is 13.2. The minimum atomic E-state index is -3.61. The molecule has 2 aromatic rings. The highest BCUT2D eigenvalue weighted by Crippen LogP contribution is 2.22. The van der Waals surface area contributed by atoms with Crippen molar-refractivity contribution in [2.75, 3.05) is 13.1 Å². The Morgan fingerprint density at radius 1 is 0.889 bits per heavy atom. The first kappa shape index (κ1) is 19.4. The zero-order valence-corrected chi connectivity index (χ0v) is 15.3. The van der Waals surface area contributed by atoms with E-state index < -0.39 is 27.6 Å². The topological polar surface area (TPSA) is 63.7 Å². The predicted molar refractivity (Wildman–Crippen MR) is 95.0 cm³/mol. The first-order valence-electron chi connectivity index (χ1n) is 8.65. The quantitative estimate of drug-likeness (QED) is 0.584. The van der Waals surface area contributed by atoms with Crippen molar-refractivity contribution in [3.63, 3.8) is 0 Å². The van der Waals surface area contributed by atoms with Gasteiger partial charge in [0.2, 0.25) is 10.0 Å². The van der Waals surface area contributed by atoms with Crippen LogP contribution in [0, 0.1) is 11.6 Å². The summed E-state index contributed by atoms with van der Waals surface area (Å²) >= 11 is 0. The van der Waals surface area contributed by atoms with Crippen molar-refractivity contribution in [2.45, 2.75) is 30.6 Å². The van der Waals surface area contributed by atoms with Crippen LogP contribution in [0.1, 0.15) is 36.0 Å². The van der Waals surface area contributed by atoms with E-state index in [4.69, 9.17) is 4.74 Å². The summed E-state index contributed by atoms with van der Waals surface area (Å²) in [5.74, 6) is -3.10. The molecule has 0 aromatic heterocycles. The van der Waals surface area contributed by atoms with Crippen LogP contribution < -0.4 is 4.74 Å². The van der Waals surface area contributed by atoms with Crippen molar-refractivity contribution in [3.05, 3.63) is 59.7 Å². The van der Waals surface area contributed by atoms with Crippen LogP contribution in [-0.2, 0) is 10.0 Å². The van der Waals surface area contributed by atoms with Gasteiger partial charge in [-0.2, -0.15) is 4.31 Å². The van der Waals surface area contributed by atoms with E-state index in [1.165, 1.54) is 28.6 Å². The van der Waals surface area contributed by atoms with Crippen LogP contribution in [-0.4, -0.2) is 31.8 Å². The summed E-state index contributed by atoms with van der Waals surface area (Å²) in [6, 6.07) is 8.14. The lowest BCUT2D eigenvalue weighted by Gasteiger charge is -2.19. The second-order valence-corrected chi connectivity index (χ2v) is 8.25. The number of hydrogen-bond acceptors (Lipinski definition) is 4. The number of ether oxygens (including phenoxy) is 1. The fraction of sp³-hybridized carbons (Fsp3) is 0.316. The highest BCUT2D eigenvalue weighted by molar-refractivity contribution is 7.89. The van der Waals surface area contributed by atoms with Crippen molar-refractivity contribution in [1.82, 2.24) is 4.31 Å². The molecule has 1 heterocycles. The Labute approximate surface area is 156 Å². The van der Waals surface area contributed by atoms with Gasteiger partial charge in [0.25, 0.3) is 0 Å². The summed E-state index contributed by atoms with van der Waals surface area (Å²) in [4.78, 5) is 12.2. The highest BCUT2D eigenvalue weighted by atomic mass is 32.2. The van der Waals surface area contributed by atoms with Gasteiger partial charge in [-0.1, -0.05) is 12.8 Å². The van der Waals surface area contributed by atoms with E-state index in [2.05, 4.69) is 0 Å². The Kier molecular flexibility index (Phi) is 5.86. The Morgan fingerprint density at radius 2 is 1.52 bits per heavy atom. The number of nitrogens with zero attached hydrogens (tertiary/aromatic N) is 1. The second-order valence-electron chi connectivity index (χ2n) is 6.31. The lowest BCUT2D eigenvalue weighted by Crippen LogP contribution is -2.31. The zero-order valence-electron chi connectivity index (χ0n) is 14.5. The summed E-state index contributed by atoms with van der Waals surface area (Å²) in [6.45, 7) is 0.977. The van der Waals surface area contributed by atoms with Crippen molar-refractivity contribution in [2.24, 2.45) is 0 Å². The number of hydrogen-bond donors (Lipinski definition) is 0. The average Bonchev–Trinajstić information content (AvgIpc) is 2.95. The van der Waals surface area contributed by atoms with E-state index >= 15 is 0 Å².